The van der Waals surface area contributed by atoms with Crippen LogP contribution in [0.25, 0.3) is 16.8 Å². The molecule has 0 atom stereocenters. The molecule has 0 bridgehead atoms. The van der Waals surface area contributed by atoms with Gasteiger partial charge in [0.25, 0.3) is 0 Å². The summed E-state index contributed by atoms with van der Waals surface area (Å²) in [7, 11) is 0. The maximum Gasteiger partial charge on any atom is 0.223 e. The van der Waals surface area contributed by atoms with Gasteiger partial charge in [0, 0.05) is 24.0 Å². The van der Waals surface area contributed by atoms with Crippen molar-refractivity contribution in [3.8, 4) is 11.3 Å². The number of pyridine rings is 1. The van der Waals surface area contributed by atoms with E-state index in [2.05, 4.69) is 49.0 Å². The van der Waals surface area contributed by atoms with Gasteiger partial charge in [-0.25, -0.2) is 14.5 Å². The van der Waals surface area contributed by atoms with E-state index in [0.717, 1.165) is 22.5 Å². The molecule has 3 rings (SSSR count). The number of nitrogens with zero attached hydrogens (tertiary/aromatic N) is 4. The van der Waals surface area contributed by atoms with Crippen LogP contribution in [0, 0.1) is 0 Å². The number of anilines is 1. The highest BCUT2D eigenvalue weighted by atomic mass is 15.2. The van der Waals surface area contributed by atoms with Crippen molar-refractivity contribution in [1.82, 2.24) is 19.6 Å². The summed E-state index contributed by atoms with van der Waals surface area (Å²) in [6, 6.07) is 8.33. The average Bonchev–Trinajstić information content (AvgIpc) is 2.86. The van der Waals surface area contributed by atoms with Crippen molar-refractivity contribution < 1.29 is 0 Å². The maximum atomic E-state index is 4.72. The third kappa shape index (κ3) is 2.66. The van der Waals surface area contributed by atoms with Crippen LogP contribution in [0.15, 0.2) is 36.7 Å². The number of nitrogens with one attached hydrogen (secondary N) is 1. The largest absolute Gasteiger partial charge is 0.352 e. The predicted octanol–water partition coefficient (Wildman–Crippen LogP) is 3.74. The van der Waals surface area contributed by atoms with Gasteiger partial charge in [-0.3, -0.25) is 0 Å². The van der Waals surface area contributed by atoms with E-state index in [-0.39, 0.29) is 0 Å². The van der Waals surface area contributed by atoms with Crippen LogP contribution in [-0.4, -0.2) is 25.6 Å². The summed E-state index contributed by atoms with van der Waals surface area (Å²) < 4.78 is 1.92. The minimum atomic E-state index is 0.295. The Labute approximate surface area is 130 Å². The van der Waals surface area contributed by atoms with Crippen molar-refractivity contribution in [2.75, 3.05) is 5.32 Å². The first kappa shape index (κ1) is 14.5. The van der Waals surface area contributed by atoms with E-state index in [1.165, 1.54) is 0 Å². The van der Waals surface area contributed by atoms with Gasteiger partial charge in [-0.05, 0) is 38.0 Å². The molecule has 0 aromatic carbocycles. The van der Waals surface area contributed by atoms with Crippen molar-refractivity contribution >= 4 is 11.5 Å². The molecule has 0 unspecified atom stereocenters. The number of hydrogen-bond donors (Lipinski definition) is 1. The normalized spacial score (nSPS) is 11.5. The van der Waals surface area contributed by atoms with Crippen LogP contribution in [0.3, 0.4) is 0 Å². The molecule has 0 saturated carbocycles. The number of fused-ring (bicyclic) bond motifs is 1. The van der Waals surface area contributed by atoms with Gasteiger partial charge in [-0.15, -0.1) is 0 Å². The van der Waals surface area contributed by atoms with Gasteiger partial charge >= 0.3 is 0 Å². The van der Waals surface area contributed by atoms with Gasteiger partial charge in [0.1, 0.15) is 0 Å². The first-order valence-electron chi connectivity index (χ1n) is 7.63. The van der Waals surface area contributed by atoms with E-state index >= 15 is 0 Å². The van der Waals surface area contributed by atoms with E-state index in [1.807, 2.05) is 28.9 Å². The second kappa shape index (κ2) is 5.75. The van der Waals surface area contributed by atoms with E-state index in [9.17, 15) is 0 Å². The third-order valence-corrected chi connectivity index (χ3v) is 3.44. The lowest BCUT2D eigenvalue weighted by molar-refractivity contribution is 0.789. The van der Waals surface area contributed by atoms with Crippen LogP contribution in [0.4, 0.5) is 5.95 Å². The molecule has 0 fully saturated rings. The van der Waals surface area contributed by atoms with Gasteiger partial charge in [0.2, 0.25) is 5.95 Å². The van der Waals surface area contributed by atoms with E-state index in [0.29, 0.717) is 17.9 Å². The molecule has 0 aliphatic rings. The zero-order valence-corrected chi connectivity index (χ0v) is 13.4. The molecule has 0 aliphatic carbocycles. The fourth-order valence-corrected chi connectivity index (χ4v) is 2.51. The van der Waals surface area contributed by atoms with Crippen molar-refractivity contribution in [2.24, 2.45) is 0 Å². The quantitative estimate of drug-likeness (QED) is 0.796. The molecule has 3 heterocycles. The highest BCUT2D eigenvalue weighted by molar-refractivity contribution is 5.81. The van der Waals surface area contributed by atoms with Gasteiger partial charge in [-0.1, -0.05) is 19.9 Å². The lowest BCUT2D eigenvalue weighted by Crippen LogP contribution is -2.12. The number of aromatic nitrogens is 4. The number of rotatable bonds is 4. The molecule has 5 heteroatoms. The predicted molar refractivity (Wildman–Crippen MR) is 89.1 cm³/mol. The fourth-order valence-electron chi connectivity index (χ4n) is 2.51. The second-order valence-electron chi connectivity index (χ2n) is 6.01. The Balaban J connectivity index is 2.18. The first-order chi connectivity index (χ1) is 10.6. The van der Waals surface area contributed by atoms with Crippen LogP contribution in [0.5, 0.6) is 0 Å². The SMILES string of the molecule is CC(C)Nc1nccc(-c2c(C(C)C)nn3ccccc23)n1. The minimum absolute atomic E-state index is 0.295. The summed E-state index contributed by atoms with van der Waals surface area (Å²) in [6.45, 7) is 8.45. The topological polar surface area (TPSA) is 55.1 Å². The molecule has 3 aromatic rings. The van der Waals surface area contributed by atoms with Crippen LogP contribution in [-0.2, 0) is 0 Å². The van der Waals surface area contributed by atoms with Crippen LogP contribution in [0.1, 0.15) is 39.3 Å². The van der Waals surface area contributed by atoms with Crippen molar-refractivity contribution in [3.05, 3.63) is 42.4 Å². The Hall–Kier alpha value is -2.43. The zero-order valence-electron chi connectivity index (χ0n) is 13.4. The zero-order chi connectivity index (χ0) is 15.7. The Morgan fingerprint density at radius 3 is 2.64 bits per heavy atom. The van der Waals surface area contributed by atoms with Crippen LogP contribution in [0.2, 0.25) is 0 Å². The second-order valence-corrected chi connectivity index (χ2v) is 6.01. The minimum Gasteiger partial charge on any atom is -0.352 e. The molecular weight excluding hydrogens is 274 g/mol. The lowest BCUT2D eigenvalue weighted by atomic mass is 10.0. The molecule has 114 valence electrons. The summed E-state index contributed by atoms with van der Waals surface area (Å²) in [5.41, 5.74) is 4.12. The Morgan fingerprint density at radius 1 is 1.09 bits per heavy atom. The monoisotopic (exact) mass is 295 g/mol. The summed E-state index contributed by atoms with van der Waals surface area (Å²) in [4.78, 5) is 8.97. The van der Waals surface area contributed by atoms with Crippen LogP contribution >= 0.6 is 0 Å². The standard InChI is InChI=1S/C17H21N5/c1-11(2)16-15(14-7-5-6-10-22(14)21-16)13-8-9-18-17(20-13)19-12(3)4/h5-12H,1-4H3,(H,18,19,20). The highest BCUT2D eigenvalue weighted by Gasteiger charge is 2.18. The molecular formula is C17H21N5. The molecule has 22 heavy (non-hydrogen) atoms. The van der Waals surface area contributed by atoms with Crippen molar-refractivity contribution in [2.45, 2.75) is 39.7 Å². The molecule has 0 radical (unpaired) electrons. The van der Waals surface area contributed by atoms with Crippen molar-refractivity contribution in [1.29, 1.82) is 0 Å². The maximum absolute atomic E-state index is 4.72. The summed E-state index contributed by atoms with van der Waals surface area (Å²) in [6.07, 6.45) is 3.77. The summed E-state index contributed by atoms with van der Waals surface area (Å²) >= 11 is 0. The molecule has 0 spiro atoms. The summed E-state index contributed by atoms with van der Waals surface area (Å²) in [5.74, 6) is 0.976. The number of hydrogen-bond acceptors (Lipinski definition) is 4. The molecule has 0 aliphatic heterocycles. The Kier molecular flexibility index (Phi) is 3.79. The van der Waals surface area contributed by atoms with Gasteiger partial charge in [0.15, 0.2) is 0 Å². The fraction of sp³-hybridized carbons (Fsp3) is 0.353. The molecule has 3 aromatic heterocycles. The van der Waals surface area contributed by atoms with Gasteiger partial charge < -0.3 is 5.32 Å². The third-order valence-electron chi connectivity index (χ3n) is 3.44. The Morgan fingerprint density at radius 2 is 1.91 bits per heavy atom. The van der Waals surface area contributed by atoms with Gasteiger partial charge in [-0.2, -0.15) is 5.10 Å². The molecule has 5 nitrogen and oxygen atoms in total. The van der Waals surface area contributed by atoms with Gasteiger partial charge in [0.05, 0.1) is 16.9 Å². The van der Waals surface area contributed by atoms with E-state index < -0.39 is 0 Å². The smallest absolute Gasteiger partial charge is 0.223 e. The highest BCUT2D eigenvalue weighted by Crippen LogP contribution is 2.31. The van der Waals surface area contributed by atoms with E-state index in [4.69, 9.17) is 5.10 Å². The first-order valence-corrected chi connectivity index (χ1v) is 7.63. The lowest BCUT2D eigenvalue weighted by Gasteiger charge is -2.10. The molecule has 0 amide bonds. The average molecular weight is 295 g/mol. The molecule has 1 N–H and O–H groups in total. The summed E-state index contributed by atoms with van der Waals surface area (Å²) in [5, 5.41) is 7.97. The molecule has 0 saturated heterocycles. The van der Waals surface area contributed by atoms with Crippen molar-refractivity contribution in [3.63, 3.8) is 0 Å². The van der Waals surface area contributed by atoms with E-state index in [1.54, 1.807) is 6.20 Å². The Bertz CT molecular complexity index is 789. The van der Waals surface area contributed by atoms with Crippen LogP contribution < -0.4 is 5.32 Å².